The summed E-state index contributed by atoms with van der Waals surface area (Å²) in [6.45, 7) is 9.15. The molecule has 1 nitrogen and oxygen atoms in total. The van der Waals surface area contributed by atoms with Gasteiger partial charge in [0.1, 0.15) is 0 Å². The highest BCUT2D eigenvalue weighted by atomic mass is 15.2. The first-order valence-corrected chi connectivity index (χ1v) is 5.43. The van der Waals surface area contributed by atoms with Gasteiger partial charge in [-0.2, -0.15) is 0 Å². The van der Waals surface area contributed by atoms with E-state index < -0.39 is 0 Å². The van der Waals surface area contributed by atoms with Gasteiger partial charge in [0.05, 0.1) is 5.70 Å². The second-order valence-corrected chi connectivity index (χ2v) is 3.84. The van der Waals surface area contributed by atoms with E-state index in [0.717, 1.165) is 12.6 Å². The van der Waals surface area contributed by atoms with Crippen molar-refractivity contribution in [2.24, 2.45) is 0 Å². The van der Waals surface area contributed by atoms with E-state index in [2.05, 4.69) is 31.1 Å². The first kappa shape index (κ1) is 10.4. The lowest BCUT2D eigenvalue weighted by atomic mass is 9.94. The van der Waals surface area contributed by atoms with Gasteiger partial charge in [-0.15, -0.1) is 5.73 Å². The molecule has 1 rings (SSSR count). The monoisotopic (exact) mass is 179 g/mol. The van der Waals surface area contributed by atoms with Gasteiger partial charge in [0, 0.05) is 12.6 Å². The van der Waals surface area contributed by atoms with Crippen LogP contribution >= 0.6 is 0 Å². The SMILES string of the molecule is C=C=C(C)N(CC)C1CCCCC1. The third kappa shape index (κ3) is 2.63. The summed E-state index contributed by atoms with van der Waals surface area (Å²) in [5, 5.41) is 0. The van der Waals surface area contributed by atoms with E-state index in [-0.39, 0.29) is 0 Å². The lowest BCUT2D eigenvalue weighted by Gasteiger charge is -2.35. The molecule has 0 aromatic rings. The quantitative estimate of drug-likeness (QED) is 0.601. The summed E-state index contributed by atoms with van der Waals surface area (Å²) in [5.74, 6) is 0. The Morgan fingerprint density at radius 2 is 2.00 bits per heavy atom. The molecule has 0 heterocycles. The van der Waals surface area contributed by atoms with Crippen molar-refractivity contribution in [1.82, 2.24) is 4.90 Å². The third-order valence-electron chi connectivity index (χ3n) is 3.04. The highest BCUT2D eigenvalue weighted by Crippen LogP contribution is 2.24. The molecule has 0 aliphatic heterocycles. The van der Waals surface area contributed by atoms with E-state index in [1.165, 1.54) is 37.8 Å². The van der Waals surface area contributed by atoms with Crippen molar-refractivity contribution in [3.8, 4) is 0 Å². The Bertz CT molecular complexity index is 195. The van der Waals surface area contributed by atoms with Crippen molar-refractivity contribution in [3.63, 3.8) is 0 Å². The van der Waals surface area contributed by atoms with Crippen LogP contribution in [0.25, 0.3) is 0 Å². The van der Waals surface area contributed by atoms with Crippen LogP contribution in [0.2, 0.25) is 0 Å². The molecule has 0 aromatic carbocycles. The minimum absolute atomic E-state index is 0.757. The van der Waals surface area contributed by atoms with E-state index >= 15 is 0 Å². The van der Waals surface area contributed by atoms with Crippen LogP contribution in [0.3, 0.4) is 0 Å². The van der Waals surface area contributed by atoms with E-state index in [9.17, 15) is 0 Å². The molecule has 1 fully saturated rings. The Kier molecular flexibility index (Phi) is 4.11. The molecule has 0 spiro atoms. The summed E-state index contributed by atoms with van der Waals surface area (Å²) in [6, 6.07) is 0.757. The molecule has 1 saturated carbocycles. The van der Waals surface area contributed by atoms with Crippen LogP contribution in [0.1, 0.15) is 46.0 Å². The van der Waals surface area contributed by atoms with Crippen LogP contribution in [-0.4, -0.2) is 17.5 Å². The van der Waals surface area contributed by atoms with E-state index in [1.54, 1.807) is 0 Å². The molecule has 0 unspecified atom stereocenters. The molecule has 1 heteroatoms. The molecule has 1 aliphatic carbocycles. The molecular formula is C12H21N. The maximum atomic E-state index is 3.72. The summed E-state index contributed by atoms with van der Waals surface area (Å²) in [4.78, 5) is 2.45. The molecule has 74 valence electrons. The minimum Gasteiger partial charge on any atom is -0.366 e. The predicted molar refractivity (Wildman–Crippen MR) is 57.6 cm³/mol. The summed E-state index contributed by atoms with van der Waals surface area (Å²) < 4.78 is 0. The number of rotatable bonds is 3. The van der Waals surface area contributed by atoms with Crippen LogP contribution in [0.4, 0.5) is 0 Å². The number of nitrogens with zero attached hydrogens (tertiary/aromatic N) is 1. The third-order valence-corrected chi connectivity index (χ3v) is 3.04. The molecule has 0 N–H and O–H groups in total. The Morgan fingerprint density at radius 1 is 1.38 bits per heavy atom. The standard InChI is InChI=1S/C12H21N/c1-4-11(3)13(5-2)12-9-7-6-8-10-12/h12H,1,5-10H2,2-3H3. The van der Waals surface area contributed by atoms with E-state index in [4.69, 9.17) is 0 Å². The van der Waals surface area contributed by atoms with Crippen molar-refractivity contribution in [2.45, 2.75) is 52.0 Å². The molecule has 0 amide bonds. The van der Waals surface area contributed by atoms with Crippen LogP contribution in [0.5, 0.6) is 0 Å². The van der Waals surface area contributed by atoms with Gasteiger partial charge in [-0.05, 0) is 26.7 Å². The average Bonchev–Trinajstić information content (AvgIpc) is 2.20. The van der Waals surface area contributed by atoms with E-state index in [1.807, 2.05) is 0 Å². The number of hydrogen-bond donors (Lipinski definition) is 0. The normalized spacial score (nSPS) is 18.0. The second-order valence-electron chi connectivity index (χ2n) is 3.84. The average molecular weight is 179 g/mol. The molecule has 0 bridgehead atoms. The minimum atomic E-state index is 0.757. The first-order chi connectivity index (χ1) is 6.29. The Labute approximate surface area is 82.1 Å². The zero-order chi connectivity index (χ0) is 9.68. The zero-order valence-electron chi connectivity index (χ0n) is 8.97. The van der Waals surface area contributed by atoms with Gasteiger partial charge in [0.15, 0.2) is 0 Å². The molecule has 13 heavy (non-hydrogen) atoms. The van der Waals surface area contributed by atoms with Crippen LogP contribution in [0.15, 0.2) is 18.0 Å². The van der Waals surface area contributed by atoms with Crippen molar-refractivity contribution in [1.29, 1.82) is 0 Å². The van der Waals surface area contributed by atoms with Crippen LogP contribution in [-0.2, 0) is 0 Å². The predicted octanol–water partition coefficient (Wildman–Crippen LogP) is 3.33. The van der Waals surface area contributed by atoms with Crippen molar-refractivity contribution >= 4 is 0 Å². The molecule has 0 radical (unpaired) electrons. The Hall–Kier alpha value is -0.680. The maximum Gasteiger partial charge on any atom is 0.0528 e. The fourth-order valence-corrected chi connectivity index (χ4v) is 2.26. The summed E-state index contributed by atoms with van der Waals surface area (Å²) in [5.41, 5.74) is 4.22. The first-order valence-electron chi connectivity index (χ1n) is 5.43. The van der Waals surface area contributed by atoms with Crippen molar-refractivity contribution < 1.29 is 0 Å². The molecule has 0 atom stereocenters. The van der Waals surface area contributed by atoms with Crippen molar-refractivity contribution in [2.75, 3.05) is 6.54 Å². The van der Waals surface area contributed by atoms with Crippen LogP contribution < -0.4 is 0 Å². The van der Waals surface area contributed by atoms with Gasteiger partial charge in [-0.3, -0.25) is 0 Å². The van der Waals surface area contributed by atoms with Gasteiger partial charge >= 0.3 is 0 Å². The lowest BCUT2D eigenvalue weighted by Crippen LogP contribution is -2.34. The van der Waals surface area contributed by atoms with E-state index in [0.29, 0.717) is 0 Å². The zero-order valence-corrected chi connectivity index (χ0v) is 8.97. The van der Waals surface area contributed by atoms with Crippen molar-refractivity contribution in [3.05, 3.63) is 18.0 Å². The Balaban J connectivity index is 2.59. The van der Waals surface area contributed by atoms with Gasteiger partial charge in [0.2, 0.25) is 0 Å². The molecule has 0 saturated heterocycles. The molecule has 1 aliphatic rings. The number of hydrogen-bond acceptors (Lipinski definition) is 1. The fourth-order valence-electron chi connectivity index (χ4n) is 2.26. The van der Waals surface area contributed by atoms with Gasteiger partial charge in [0.25, 0.3) is 0 Å². The molecular weight excluding hydrogens is 158 g/mol. The van der Waals surface area contributed by atoms with Gasteiger partial charge < -0.3 is 4.90 Å². The fraction of sp³-hybridized carbons (Fsp3) is 0.750. The largest absolute Gasteiger partial charge is 0.366 e. The topological polar surface area (TPSA) is 3.24 Å². The second kappa shape index (κ2) is 5.14. The van der Waals surface area contributed by atoms with Gasteiger partial charge in [-0.25, -0.2) is 0 Å². The van der Waals surface area contributed by atoms with Gasteiger partial charge in [-0.1, -0.05) is 25.8 Å². The smallest absolute Gasteiger partial charge is 0.0528 e. The highest BCUT2D eigenvalue weighted by molar-refractivity contribution is 4.97. The summed E-state index contributed by atoms with van der Waals surface area (Å²) >= 11 is 0. The Morgan fingerprint density at radius 3 is 2.46 bits per heavy atom. The van der Waals surface area contributed by atoms with Crippen LogP contribution in [0, 0.1) is 0 Å². The summed E-state index contributed by atoms with van der Waals surface area (Å²) in [7, 11) is 0. The highest BCUT2D eigenvalue weighted by Gasteiger charge is 2.19. The maximum absolute atomic E-state index is 3.72. The molecule has 0 aromatic heterocycles. The lowest BCUT2D eigenvalue weighted by molar-refractivity contribution is 0.209. The summed E-state index contributed by atoms with van der Waals surface area (Å²) in [6.07, 6.45) is 6.92. The number of allylic oxidation sites excluding steroid dienone is 1.